The number of aromatic amines is 1. The van der Waals surface area contributed by atoms with Crippen LogP contribution in [0, 0.1) is 12.8 Å². The third-order valence-electron chi connectivity index (χ3n) is 4.12. The lowest BCUT2D eigenvalue weighted by molar-refractivity contribution is -0.149. The zero-order valence-electron chi connectivity index (χ0n) is 12.8. The van der Waals surface area contributed by atoms with E-state index in [-0.39, 0.29) is 11.9 Å². The Kier molecular flexibility index (Phi) is 4.51. The number of hydrogen-bond acceptors (Lipinski definition) is 4. The molecule has 2 heterocycles. The van der Waals surface area contributed by atoms with Crippen molar-refractivity contribution in [2.75, 3.05) is 6.61 Å². The molecule has 0 saturated heterocycles. The highest BCUT2D eigenvalue weighted by Crippen LogP contribution is 2.24. The fraction of sp³-hybridized carbons (Fsp3) is 0.471. The molecule has 2 aromatic rings. The number of carbonyl (C=O) groups is 1. The molecule has 0 radical (unpaired) electrons. The SMILES string of the molecule is Cc1cccc(CCCOC(=O)[C@H]2CCc3cn[nH]c3C2)n1. The number of aromatic nitrogens is 3. The van der Waals surface area contributed by atoms with Crippen LogP contribution >= 0.6 is 0 Å². The standard InChI is InChI=1S/C17H21N3O2/c1-12-4-2-5-15(19-12)6-3-9-22-17(21)13-7-8-14-11-18-20-16(14)10-13/h2,4-5,11,13H,3,6-10H2,1H3,(H,18,20)/t13-/m0/s1. The molecule has 1 N–H and O–H groups in total. The van der Waals surface area contributed by atoms with Gasteiger partial charge >= 0.3 is 5.97 Å². The maximum Gasteiger partial charge on any atom is 0.309 e. The lowest BCUT2D eigenvalue weighted by atomic mass is 9.88. The van der Waals surface area contributed by atoms with Gasteiger partial charge in [0, 0.05) is 23.5 Å². The number of hydrogen-bond donors (Lipinski definition) is 1. The van der Waals surface area contributed by atoms with Crippen LogP contribution in [0.4, 0.5) is 0 Å². The highest BCUT2D eigenvalue weighted by molar-refractivity contribution is 5.73. The summed E-state index contributed by atoms with van der Waals surface area (Å²) in [6.07, 6.45) is 5.97. The van der Waals surface area contributed by atoms with Crippen molar-refractivity contribution in [3.63, 3.8) is 0 Å². The fourth-order valence-electron chi connectivity index (χ4n) is 2.89. The average molecular weight is 299 g/mol. The van der Waals surface area contributed by atoms with E-state index in [1.807, 2.05) is 31.3 Å². The first-order chi connectivity index (χ1) is 10.7. The first kappa shape index (κ1) is 14.8. The van der Waals surface area contributed by atoms with Crippen LogP contribution in [0.1, 0.15) is 35.5 Å². The van der Waals surface area contributed by atoms with Crippen molar-refractivity contribution >= 4 is 5.97 Å². The number of rotatable bonds is 5. The summed E-state index contributed by atoms with van der Waals surface area (Å²) in [6.45, 7) is 2.44. The van der Waals surface area contributed by atoms with E-state index in [2.05, 4.69) is 15.2 Å². The second-order valence-electron chi connectivity index (χ2n) is 5.85. The maximum atomic E-state index is 12.1. The molecule has 22 heavy (non-hydrogen) atoms. The summed E-state index contributed by atoms with van der Waals surface area (Å²) in [7, 11) is 0. The molecule has 5 heteroatoms. The van der Waals surface area contributed by atoms with Crippen molar-refractivity contribution in [3.8, 4) is 0 Å². The molecule has 0 aliphatic heterocycles. The summed E-state index contributed by atoms with van der Waals surface area (Å²) >= 11 is 0. The quantitative estimate of drug-likeness (QED) is 0.680. The second-order valence-corrected chi connectivity index (χ2v) is 5.85. The van der Waals surface area contributed by atoms with E-state index in [9.17, 15) is 4.79 Å². The maximum absolute atomic E-state index is 12.1. The predicted octanol–water partition coefficient (Wildman–Crippen LogP) is 2.39. The largest absolute Gasteiger partial charge is 0.465 e. The van der Waals surface area contributed by atoms with E-state index in [4.69, 9.17) is 4.74 Å². The Labute approximate surface area is 130 Å². The minimum atomic E-state index is -0.0857. The molecular weight excluding hydrogens is 278 g/mol. The molecule has 5 nitrogen and oxygen atoms in total. The van der Waals surface area contributed by atoms with Crippen LogP contribution in [0.15, 0.2) is 24.4 Å². The normalized spacial score (nSPS) is 17.0. The van der Waals surface area contributed by atoms with Gasteiger partial charge < -0.3 is 4.74 Å². The van der Waals surface area contributed by atoms with Crippen LogP contribution in [-0.4, -0.2) is 27.8 Å². The van der Waals surface area contributed by atoms with Gasteiger partial charge in [0.2, 0.25) is 0 Å². The van der Waals surface area contributed by atoms with Crippen LogP contribution in [0.3, 0.4) is 0 Å². The van der Waals surface area contributed by atoms with Crippen molar-refractivity contribution in [2.45, 2.75) is 39.0 Å². The number of H-pyrrole nitrogens is 1. The zero-order chi connectivity index (χ0) is 15.4. The van der Waals surface area contributed by atoms with Crippen LogP contribution in [-0.2, 0) is 28.8 Å². The topological polar surface area (TPSA) is 67.9 Å². The summed E-state index contributed by atoms with van der Waals surface area (Å²) in [5.74, 6) is -0.123. The number of ether oxygens (including phenoxy) is 1. The van der Waals surface area contributed by atoms with Crippen molar-refractivity contribution in [1.29, 1.82) is 0 Å². The number of nitrogens with zero attached hydrogens (tertiary/aromatic N) is 2. The molecule has 0 amide bonds. The molecule has 0 unspecified atom stereocenters. The fourth-order valence-corrected chi connectivity index (χ4v) is 2.89. The summed E-state index contributed by atoms with van der Waals surface area (Å²) < 4.78 is 5.42. The first-order valence-electron chi connectivity index (χ1n) is 7.82. The van der Waals surface area contributed by atoms with Crippen LogP contribution < -0.4 is 0 Å². The van der Waals surface area contributed by atoms with E-state index in [0.717, 1.165) is 42.8 Å². The number of esters is 1. The molecule has 0 spiro atoms. The summed E-state index contributed by atoms with van der Waals surface area (Å²) in [4.78, 5) is 16.6. The van der Waals surface area contributed by atoms with Gasteiger partial charge in [-0.2, -0.15) is 5.10 Å². The van der Waals surface area contributed by atoms with E-state index in [0.29, 0.717) is 13.0 Å². The lowest BCUT2D eigenvalue weighted by Gasteiger charge is -2.20. The third kappa shape index (κ3) is 3.53. The molecule has 1 aliphatic rings. The highest BCUT2D eigenvalue weighted by Gasteiger charge is 2.26. The Morgan fingerprint density at radius 3 is 3.23 bits per heavy atom. The predicted molar refractivity (Wildman–Crippen MR) is 82.4 cm³/mol. The zero-order valence-corrected chi connectivity index (χ0v) is 12.8. The molecule has 2 aromatic heterocycles. The van der Waals surface area contributed by atoms with Gasteiger partial charge in [-0.1, -0.05) is 6.07 Å². The number of carbonyl (C=O) groups excluding carboxylic acids is 1. The van der Waals surface area contributed by atoms with Gasteiger partial charge in [-0.05, 0) is 50.3 Å². The summed E-state index contributed by atoms with van der Waals surface area (Å²) in [5, 5.41) is 7.00. The van der Waals surface area contributed by atoms with Crippen LogP contribution in [0.5, 0.6) is 0 Å². The van der Waals surface area contributed by atoms with Crippen molar-refractivity contribution in [3.05, 3.63) is 47.0 Å². The van der Waals surface area contributed by atoms with Gasteiger partial charge in [0.1, 0.15) is 0 Å². The van der Waals surface area contributed by atoms with Crippen LogP contribution in [0.25, 0.3) is 0 Å². The van der Waals surface area contributed by atoms with Crippen molar-refractivity contribution in [2.24, 2.45) is 5.92 Å². The van der Waals surface area contributed by atoms with Gasteiger partial charge in [0.05, 0.1) is 18.7 Å². The van der Waals surface area contributed by atoms with Crippen LogP contribution in [0.2, 0.25) is 0 Å². The molecule has 0 aromatic carbocycles. The minimum absolute atomic E-state index is 0.0370. The van der Waals surface area contributed by atoms with Gasteiger partial charge in [-0.25, -0.2) is 0 Å². The van der Waals surface area contributed by atoms with Gasteiger partial charge in [0.15, 0.2) is 0 Å². The number of pyridine rings is 1. The minimum Gasteiger partial charge on any atom is -0.465 e. The summed E-state index contributed by atoms with van der Waals surface area (Å²) in [5.41, 5.74) is 4.38. The number of aryl methyl sites for hydroxylation is 3. The molecule has 116 valence electrons. The van der Waals surface area contributed by atoms with E-state index >= 15 is 0 Å². The summed E-state index contributed by atoms with van der Waals surface area (Å²) in [6, 6.07) is 6.00. The van der Waals surface area contributed by atoms with Gasteiger partial charge in [-0.3, -0.25) is 14.9 Å². The Morgan fingerprint density at radius 2 is 2.36 bits per heavy atom. The molecule has 3 rings (SSSR count). The molecule has 1 aliphatic carbocycles. The monoisotopic (exact) mass is 299 g/mol. The molecular formula is C17H21N3O2. The Morgan fingerprint density at radius 1 is 1.45 bits per heavy atom. The Hall–Kier alpha value is -2.17. The number of fused-ring (bicyclic) bond motifs is 1. The van der Waals surface area contributed by atoms with Gasteiger partial charge in [0.25, 0.3) is 0 Å². The third-order valence-corrected chi connectivity index (χ3v) is 4.12. The molecule has 0 saturated carbocycles. The second kappa shape index (κ2) is 6.73. The van der Waals surface area contributed by atoms with Crippen molar-refractivity contribution in [1.82, 2.24) is 15.2 Å². The van der Waals surface area contributed by atoms with E-state index in [1.165, 1.54) is 5.56 Å². The highest BCUT2D eigenvalue weighted by atomic mass is 16.5. The van der Waals surface area contributed by atoms with Gasteiger partial charge in [-0.15, -0.1) is 0 Å². The smallest absolute Gasteiger partial charge is 0.309 e. The Bertz CT molecular complexity index is 651. The van der Waals surface area contributed by atoms with E-state index in [1.54, 1.807) is 0 Å². The molecule has 1 atom stereocenters. The molecule has 0 bridgehead atoms. The lowest BCUT2D eigenvalue weighted by Crippen LogP contribution is -2.25. The number of nitrogens with one attached hydrogen (secondary N) is 1. The molecule has 0 fully saturated rings. The Balaban J connectivity index is 1.41. The first-order valence-corrected chi connectivity index (χ1v) is 7.82. The average Bonchev–Trinajstić information content (AvgIpc) is 2.99. The van der Waals surface area contributed by atoms with Crippen molar-refractivity contribution < 1.29 is 9.53 Å². The van der Waals surface area contributed by atoms with E-state index < -0.39 is 0 Å².